The average Bonchev–Trinajstić information content (AvgIpc) is 3.31. The van der Waals surface area contributed by atoms with Crippen LogP contribution >= 0.6 is 0 Å². The Labute approximate surface area is 119 Å². The number of nitrogens with zero attached hydrogens (tertiary/aromatic N) is 2. The van der Waals surface area contributed by atoms with E-state index in [1.165, 1.54) is 17.1 Å². The van der Waals surface area contributed by atoms with Crippen LogP contribution in [0.5, 0.6) is 0 Å². The second-order valence-electron chi connectivity index (χ2n) is 5.23. The third-order valence-electron chi connectivity index (χ3n) is 3.60. The molecule has 2 heterocycles. The lowest BCUT2D eigenvalue weighted by Crippen LogP contribution is -2.40. The van der Waals surface area contributed by atoms with Gasteiger partial charge in [0.2, 0.25) is 0 Å². The van der Waals surface area contributed by atoms with Crippen LogP contribution in [0.3, 0.4) is 0 Å². The topological polar surface area (TPSA) is 71.5 Å². The molecule has 1 N–H and O–H groups in total. The fraction of sp³-hybridized carbons (Fsp3) is 0.615. The van der Waals surface area contributed by atoms with Gasteiger partial charge >= 0.3 is 0 Å². The normalized spacial score (nSPS) is 20.8. The SMILES string of the molecule is O=S(=O)(c1ccc(NCC2CC2)cn1)N1CCOCC1. The highest BCUT2D eigenvalue weighted by Crippen LogP contribution is 2.28. The van der Waals surface area contributed by atoms with Gasteiger partial charge in [-0.2, -0.15) is 4.31 Å². The molecule has 1 saturated heterocycles. The molecule has 0 amide bonds. The molecule has 2 fully saturated rings. The molecule has 1 aromatic heterocycles. The highest BCUT2D eigenvalue weighted by atomic mass is 32.2. The van der Waals surface area contributed by atoms with Gasteiger partial charge in [-0.25, -0.2) is 13.4 Å². The molecule has 20 heavy (non-hydrogen) atoms. The maximum absolute atomic E-state index is 12.4. The smallest absolute Gasteiger partial charge is 0.260 e. The van der Waals surface area contributed by atoms with Gasteiger partial charge in [-0.05, 0) is 30.9 Å². The van der Waals surface area contributed by atoms with Gasteiger partial charge in [-0.1, -0.05) is 0 Å². The van der Waals surface area contributed by atoms with Gasteiger partial charge in [0.25, 0.3) is 10.0 Å². The average molecular weight is 297 g/mol. The zero-order valence-corrected chi connectivity index (χ0v) is 12.1. The van der Waals surface area contributed by atoms with E-state index in [9.17, 15) is 8.42 Å². The van der Waals surface area contributed by atoms with E-state index in [0.717, 1.165) is 18.2 Å². The molecule has 0 spiro atoms. The highest BCUT2D eigenvalue weighted by Gasteiger charge is 2.27. The first-order valence-corrected chi connectivity index (χ1v) is 8.38. The Morgan fingerprint density at radius 1 is 1.30 bits per heavy atom. The molecule has 1 saturated carbocycles. The van der Waals surface area contributed by atoms with Crippen LogP contribution in [0.25, 0.3) is 0 Å². The van der Waals surface area contributed by atoms with Crippen molar-refractivity contribution in [2.45, 2.75) is 17.9 Å². The fourth-order valence-electron chi connectivity index (χ4n) is 2.14. The summed E-state index contributed by atoms with van der Waals surface area (Å²) in [5, 5.41) is 3.38. The van der Waals surface area contributed by atoms with Crippen molar-refractivity contribution >= 4 is 15.7 Å². The third kappa shape index (κ3) is 3.11. The molecule has 0 unspecified atom stereocenters. The van der Waals surface area contributed by atoms with Gasteiger partial charge in [-0.3, -0.25) is 0 Å². The van der Waals surface area contributed by atoms with Crippen LogP contribution in [0.2, 0.25) is 0 Å². The van der Waals surface area contributed by atoms with E-state index in [0.29, 0.717) is 26.3 Å². The Morgan fingerprint density at radius 2 is 2.05 bits per heavy atom. The molecule has 0 radical (unpaired) electrons. The highest BCUT2D eigenvalue weighted by molar-refractivity contribution is 7.89. The quantitative estimate of drug-likeness (QED) is 0.875. The lowest BCUT2D eigenvalue weighted by Gasteiger charge is -2.25. The molecule has 7 heteroatoms. The molecular weight excluding hydrogens is 278 g/mol. The summed E-state index contributed by atoms with van der Waals surface area (Å²) < 4.78 is 31.3. The summed E-state index contributed by atoms with van der Waals surface area (Å²) in [4.78, 5) is 4.09. The van der Waals surface area contributed by atoms with Gasteiger partial charge in [0.05, 0.1) is 25.1 Å². The molecule has 6 nitrogen and oxygen atoms in total. The van der Waals surface area contributed by atoms with Crippen molar-refractivity contribution in [2.75, 3.05) is 38.2 Å². The predicted molar refractivity (Wildman–Crippen MR) is 75.0 cm³/mol. The first kappa shape index (κ1) is 13.8. The number of pyridine rings is 1. The van der Waals surface area contributed by atoms with Crippen molar-refractivity contribution in [3.63, 3.8) is 0 Å². The van der Waals surface area contributed by atoms with Crippen LogP contribution in [0.15, 0.2) is 23.4 Å². The van der Waals surface area contributed by atoms with Crippen LogP contribution in [-0.4, -0.2) is 50.6 Å². The summed E-state index contributed by atoms with van der Waals surface area (Å²) >= 11 is 0. The summed E-state index contributed by atoms with van der Waals surface area (Å²) in [7, 11) is -3.48. The van der Waals surface area contributed by atoms with Crippen LogP contribution in [-0.2, 0) is 14.8 Å². The van der Waals surface area contributed by atoms with Gasteiger partial charge in [0.15, 0.2) is 5.03 Å². The molecule has 1 aliphatic heterocycles. The van der Waals surface area contributed by atoms with Gasteiger partial charge in [0.1, 0.15) is 0 Å². The van der Waals surface area contributed by atoms with Gasteiger partial charge in [0, 0.05) is 19.6 Å². The van der Waals surface area contributed by atoms with E-state index < -0.39 is 10.0 Å². The number of anilines is 1. The van der Waals surface area contributed by atoms with Crippen LogP contribution in [0, 0.1) is 5.92 Å². The number of rotatable bonds is 5. The van der Waals surface area contributed by atoms with E-state index in [1.807, 2.05) is 0 Å². The van der Waals surface area contributed by atoms with Crippen molar-refractivity contribution in [3.8, 4) is 0 Å². The van der Waals surface area contributed by atoms with Crippen molar-refractivity contribution in [1.29, 1.82) is 0 Å². The largest absolute Gasteiger partial charge is 0.384 e. The van der Waals surface area contributed by atoms with Crippen molar-refractivity contribution in [1.82, 2.24) is 9.29 Å². The third-order valence-corrected chi connectivity index (χ3v) is 5.42. The van der Waals surface area contributed by atoms with Crippen molar-refractivity contribution in [3.05, 3.63) is 18.3 Å². The zero-order valence-electron chi connectivity index (χ0n) is 11.3. The van der Waals surface area contributed by atoms with E-state index in [-0.39, 0.29) is 5.03 Å². The summed E-state index contributed by atoms with van der Waals surface area (Å²) in [6.07, 6.45) is 4.16. The lowest BCUT2D eigenvalue weighted by molar-refractivity contribution is 0.0729. The van der Waals surface area contributed by atoms with Crippen LogP contribution in [0.1, 0.15) is 12.8 Å². The maximum Gasteiger partial charge on any atom is 0.260 e. The Bertz CT molecular complexity index is 549. The minimum Gasteiger partial charge on any atom is -0.384 e. The number of nitrogens with one attached hydrogen (secondary N) is 1. The minimum absolute atomic E-state index is 0.108. The number of sulfonamides is 1. The number of morpholine rings is 1. The number of ether oxygens (including phenoxy) is 1. The first-order chi connectivity index (χ1) is 9.66. The monoisotopic (exact) mass is 297 g/mol. The Hall–Kier alpha value is -1.18. The zero-order chi connectivity index (χ0) is 14.0. The molecule has 110 valence electrons. The Kier molecular flexibility index (Phi) is 3.91. The number of hydrogen-bond donors (Lipinski definition) is 1. The minimum atomic E-state index is -3.48. The summed E-state index contributed by atoms with van der Waals surface area (Å²) in [5.41, 5.74) is 0.873. The molecule has 2 aliphatic rings. The second-order valence-corrected chi connectivity index (χ2v) is 7.11. The lowest BCUT2D eigenvalue weighted by atomic mass is 10.4. The standard InChI is InChI=1S/C13H19N3O3S/c17-20(18,16-5-7-19-8-6-16)13-4-3-12(10-15-13)14-9-11-1-2-11/h3-4,10-11,14H,1-2,5-9H2. The van der Waals surface area contributed by atoms with Crippen molar-refractivity contribution in [2.24, 2.45) is 5.92 Å². The van der Waals surface area contributed by atoms with E-state index in [1.54, 1.807) is 18.3 Å². The molecule has 1 aromatic rings. The fourth-order valence-corrected chi connectivity index (χ4v) is 3.46. The van der Waals surface area contributed by atoms with Gasteiger partial charge in [-0.15, -0.1) is 0 Å². The van der Waals surface area contributed by atoms with Crippen LogP contribution < -0.4 is 5.32 Å². The first-order valence-electron chi connectivity index (χ1n) is 6.94. The summed E-state index contributed by atoms with van der Waals surface area (Å²) in [6, 6.07) is 3.35. The number of aromatic nitrogens is 1. The Balaban J connectivity index is 1.68. The second kappa shape index (κ2) is 5.67. The van der Waals surface area contributed by atoms with Crippen molar-refractivity contribution < 1.29 is 13.2 Å². The Morgan fingerprint density at radius 3 is 2.65 bits per heavy atom. The molecule has 0 bridgehead atoms. The van der Waals surface area contributed by atoms with Crippen LogP contribution in [0.4, 0.5) is 5.69 Å². The maximum atomic E-state index is 12.4. The van der Waals surface area contributed by atoms with E-state index in [2.05, 4.69) is 10.3 Å². The molecule has 1 aliphatic carbocycles. The molecule has 0 atom stereocenters. The number of hydrogen-bond acceptors (Lipinski definition) is 5. The van der Waals surface area contributed by atoms with E-state index >= 15 is 0 Å². The van der Waals surface area contributed by atoms with E-state index in [4.69, 9.17) is 4.74 Å². The predicted octanol–water partition coefficient (Wildman–Crippen LogP) is 0.924. The van der Waals surface area contributed by atoms with Gasteiger partial charge < -0.3 is 10.1 Å². The molecule has 0 aromatic carbocycles. The molecule has 3 rings (SSSR count). The summed E-state index contributed by atoms with van der Waals surface area (Å²) in [5.74, 6) is 0.770. The molecular formula is C13H19N3O3S. The summed E-state index contributed by atoms with van der Waals surface area (Å²) in [6.45, 7) is 2.62.